The third kappa shape index (κ3) is 2.68. The first-order valence-corrected chi connectivity index (χ1v) is 7.41. The largest absolute Gasteiger partial charge is 0.394 e. The van der Waals surface area contributed by atoms with Crippen molar-refractivity contribution in [2.45, 2.75) is 18.9 Å². The Morgan fingerprint density at radius 3 is 2.53 bits per heavy atom. The first-order valence-electron chi connectivity index (χ1n) is 5.80. The van der Waals surface area contributed by atoms with Gasteiger partial charge in [-0.25, -0.2) is 8.42 Å². The molecule has 1 aromatic carbocycles. The molecule has 0 spiro atoms. The van der Waals surface area contributed by atoms with Gasteiger partial charge in [-0.15, -0.1) is 0 Å². The molecule has 1 aromatic rings. The average molecular weight is 255 g/mol. The van der Waals surface area contributed by atoms with Gasteiger partial charge in [0.05, 0.1) is 18.4 Å². The van der Waals surface area contributed by atoms with Crippen molar-refractivity contribution in [2.75, 3.05) is 18.9 Å². The number of nitrogens with zero attached hydrogens (tertiary/aromatic N) is 1. The lowest BCUT2D eigenvalue weighted by atomic mass is 10.1. The molecule has 1 saturated heterocycles. The molecule has 1 N–H and O–H groups in total. The maximum atomic E-state index is 12.0. The van der Waals surface area contributed by atoms with Crippen LogP contribution in [0.25, 0.3) is 0 Å². The van der Waals surface area contributed by atoms with Crippen LogP contribution in [0.2, 0.25) is 0 Å². The molecule has 1 fully saturated rings. The van der Waals surface area contributed by atoms with Crippen molar-refractivity contribution in [3.8, 4) is 0 Å². The topological polar surface area (TPSA) is 57.6 Å². The summed E-state index contributed by atoms with van der Waals surface area (Å²) < 4.78 is 25.4. The molecule has 0 radical (unpaired) electrons. The highest BCUT2D eigenvalue weighted by atomic mass is 32.2. The zero-order valence-corrected chi connectivity index (χ0v) is 10.4. The molecule has 1 aliphatic heterocycles. The number of benzene rings is 1. The highest BCUT2D eigenvalue weighted by molar-refractivity contribution is 7.89. The Kier molecular flexibility index (Phi) is 3.81. The molecular weight excluding hydrogens is 238 g/mol. The van der Waals surface area contributed by atoms with E-state index in [9.17, 15) is 13.5 Å². The summed E-state index contributed by atoms with van der Waals surface area (Å²) in [6, 6.07) is 8.85. The van der Waals surface area contributed by atoms with E-state index < -0.39 is 16.1 Å². The van der Waals surface area contributed by atoms with Crippen LogP contribution < -0.4 is 0 Å². The molecule has 1 atom stereocenters. The summed E-state index contributed by atoms with van der Waals surface area (Å²) in [6.45, 7) is 0.325. The lowest BCUT2D eigenvalue weighted by Crippen LogP contribution is -2.41. The zero-order chi connectivity index (χ0) is 12.3. The van der Waals surface area contributed by atoms with Gasteiger partial charge in [0.1, 0.15) is 0 Å². The fraction of sp³-hybridized carbons (Fsp3) is 0.500. The van der Waals surface area contributed by atoms with Crippen molar-refractivity contribution in [3.63, 3.8) is 0 Å². The predicted octanol–water partition coefficient (Wildman–Crippen LogP) is 1.15. The van der Waals surface area contributed by atoms with Gasteiger partial charge in [-0.05, 0) is 18.4 Å². The second-order valence-electron chi connectivity index (χ2n) is 4.24. The normalized spacial score (nSPS) is 22.2. The molecule has 2 rings (SSSR count). The summed E-state index contributed by atoms with van der Waals surface area (Å²) in [5, 5.41) is 9.46. The van der Waals surface area contributed by atoms with Gasteiger partial charge in [0, 0.05) is 6.54 Å². The number of sulfonamides is 1. The van der Waals surface area contributed by atoms with Gasteiger partial charge in [-0.3, -0.25) is 0 Å². The summed E-state index contributed by atoms with van der Waals surface area (Å²) in [5.74, 6) is 0.191. The van der Waals surface area contributed by atoms with Crippen LogP contribution in [0.15, 0.2) is 30.3 Å². The van der Waals surface area contributed by atoms with Crippen LogP contribution >= 0.6 is 0 Å². The molecule has 0 bridgehead atoms. The molecule has 0 saturated carbocycles. The van der Waals surface area contributed by atoms with Crippen LogP contribution in [0, 0.1) is 0 Å². The Hall–Kier alpha value is -0.910. The highest BCUT2D eigenvalue weighted by Gasteiger charge is 2.32. The monoisotopic (exact) mass is 255 g/mol. The molecule has 0 unspecified atom stereocenters. The third-order valence-corrected chi connectivity index (χ3v) is 5.05. The van der Waals surface area contributed by atoms with Crippen LogP contribution in [0.1, 0.15) is 24.4 Å². The molecule has 5 heteroatoms. The molecule has 1 heterocycles. The SMILES string of the molecule is O=S1(=O)CCCCN1[C@H](CO)c1ccccc1. The Labute approximate surface area is 102 Å². The van der Waals surface area contributed by atoms with Crippen molar-refractivity contribution in [1.82, 2.24) is 4.31 Å². The Bertz CT molecular complexity index is 458. The molecular formula is C12H17NO3S. The Balaban J connectivity index is 2.30. The Morgan fingerprint density at radius 2 is 1.94 bits per heavy atom. The van der Waals surface area contributed by atoms with Crippen molar-refractivity contribution in [3.05, 3.63) is 35.9 Å². The van der Waals surface area contributed by atoms with E-state index in [1.807, 2.05) is 30.3 Å². The second-order valence-corrected chi connectivity index (χ2v) is 6.28. The van der Waals surface area contributed by atoms with Crippen LogP contribution in [0.4, 0.5) is 0 Å². The average Bonchev–Trinajstić information content (AvgIpc) is 2.33. The summed E-state index contributed by atoms with van der Waals surface area (Å²) >= 11 is 0. The zero-order valence-electron chi connectivity index (χ0n) is 9.62. The van der Waals surface area contributed by atoms with Crippen molar-refractivity contribution >= 4 is 10.0 Å². The highest BCUT2D eigenvalue weighted by Crippen LogP contribution is 2.27. The number of aliphatic hydroxyl groups is 1. The van der Waals surface area contributed by atoms with Crippen LogP contribution in [-0.4, -0.2) is 36.7 Å². The molecule has 0 aliphatic carbocycles. The fourth-order valence-corrected chi connectivity index (χ4v) is 3.98. The number of rotatable bonds is 3. The van der Waals surface area contributed by atoms with Gasteiger partial charge in [-0.1, -0.05) is 30.3 Å². The molecule has 0 amide bonds. The first-order chi connectivity index (χ1) is 8.15. The number of hydrogen-bond donors (Lipinski definition) is 1. The van der Waals surface area contributed by atoms with Gasteiger partial charge in [-0.2, -0.15) is 4.31 Å². The van der Waals surface area contributed by atoms with Crippen molar-refractivity contribution in [1.29, 1.82) is 0 Å². The summed E-state index contributed by atoms with van der Waals surface area (Å²) in [7, 11) is -3.21. The maximum Gasteiger partial charge on any atom is 0.214 e. The summed E-state index contributed by atoms with van der Waals surface area (Å²) in [5.41, 5.74) is 0.848. The van der Waals surface area contributed by atoms with Gasteiger partial charge >= 0.3 is 0 Å². The molecule has 17 heavy (non-hydrogen) atoms. The quantitative estimate of drug-likeness (QED) is 0.881. The fourth-order valence-electron chi connectivity index (χ4n) is 2.20. The van der Waals surface area contributed by atoms with Gasteiger partial charge in [0.25, 0.3) is 0 Å². The van der Waals surface area contributed by atoms with Gasteiger partial charge in [0.2, 0.25) is 10.0 Å². The standard InChI is InChI=1S/C12H17NO3S/c14-10-12(11-6-2-1-3-7-11)13-8-4-5-9-17(13,15)16/h1-3,6-7,12,14H,4-5,8-10H2/t12-/m1/s1. The van der Waals surface area contributed by atoms with E-state index in [-0.39, 0.29) is 12.4 Å². The smallest absolute Gasteiger partial charge is 0.214 e. The lowest BCUT2D eigenvalue weighted by Gasteiger charge is -2.32. The number of aliphatic hydroxyl groups excluding tert-OH is 1. The third-order valence-electron chi connectivity index (χ3n) is 3.09. The van der Waals surface area contributed by atoms with Gasteiger partial charge < -0.3 is 5.11 Å². The van der Waals surface area contributed by atoms with E-state index in [2.05, 4.69) is 0 Å². The van der Waals surface area contributed by atoms with E-state index in [1.54, 1.807) is 0 Å². The van der Waals surface area contributed by atoms with Crippen LogP contribution in [-0.2, 0) is 10.0 Å². The Morgan fingerprint density at radius 1 is 1.24 bits per heavy atom. The summed E-state index contributed by atoms with van der Waals surface area (Å²) in [6.07, 6.45) is 1.58. The second kappa shape index (κ2) is 5.16. The molecule has 1 aliphatic rings. The van der Waals surface area contributed by atoms with Crippen molar-refractivity contribution in [2.24, 2.45) is 0 Å². The van der Waals surface area contributed by atoms with Gasteiger partial charge in [0.15, 0.2) is 0 Å². The predicted molar refractivity (Wildman–Crippen MR) is 66.0 cm³/mol. The lowest BCUT2D eigenvalue weighted by molar-refractivity contribution is 0.183. The van der Waals surface area contributed by atoms with E-state index in [4.69, 9.17) is 0 Å². The summed E-state index contributed by atoms with van der Waals surface area (Å²) in [4.78, 5) is 0. The van der Waals surface area contributed by atoms with Crippen LogP contribution in [0.3, 0.4) is 0 Å². The van der Waals surface area contributed by atoms with Crippen molar-refractivity contribution < 1.29 is 13.5 Å². The minimum atomic E-state index is -3.21. The van der Waals surface area contributed by atoms with E-state index in [0.717, 1.165) is 12.0 Å². The van der Waals surface area contributed by atoms with E-state index in [1.165, 1.54) is 4.31 Å². The molecule has 4 nitrogen and oxygen atoms in total. The molecule has 94 valence electrons. The maximum absolute atomic E-state index is 12.0. The van der Waals surface area contributed by atoms with E-state index >= 15 is 0 Å². The minimum Gasteiger partial charge on any atom is -0.394 e. The number of hydrogen-bond acceptors (Lipinski definition) is 3. The first kappa shape index (κ1) is 12.5. The van der Waals surface area contributed by atoms with E-state index in [0.29, 0.717) is 13.0 Å². The minimum absolute atomic E-state index is 0.177. The van der Waals surface area contributed by atoms with Crippen LogP contribution in [0.5, 0.6) is 0 Å². The molecule has 0 aromatic heterocycles.